The molecule has 3 rings (SSSR count). The van der Waals surface area contributed by atoms with Crippen LogP contribution in [0, 0.1) is 4.91 Å². The van der Waals surface area contributed by atoms with Crippen LogP contribution >= 0.6 is 0 Å². The quantitative estimate of drug-likeness (QED) is 0.148. The number of carbonyl (C=O) groups is 3. The average Bonchev–Trinajstić information content (AvgIpc) is 2.81. The van der Waals surface area contributed by atoms with Crippen molar-refractivity contribution in [3.8, 4) is 0 Å². The molecule has 0 radical (unpaired) electrons. The highest BCUT2D eigenvalue weighted by atomic mass is 16.8. The SMILES string of the molecule is Nc1ncc2nc(CNc3ccc(C(=O)N[C@](CCC(=O)O)(ON=O)C(=O)O)cc3)cnc2n1. The zero-order valence-electron chi connectivity index (χ0n) is 17.3. The number of carbonyl (C=O) groups excluding carboxylic acids is 1. The van der Waals surface area contributed by atoms with E-state index in [2.05, 4.69) is 35.4 Å². The molecule has 0 saturated carbocycles. The highest BCUT2D eigenvalue weighted by molar-refractivity contribution is 5.97. The first-order chi connectivity index (χ1) is 16.2. The van der Waals surface area contributed by atoms with Gasteiger partial charge in [0.25, 0.3) is 5.91 Å². The fourth-order valence-corrected chi connectivity index (χ4v) is 2.82. The van der Waals surface area contributed by atoms with E-state index >= 15 is 0 Å². The Morgan fingerprint density at radius 3 is 2.47 bits per heavy atom. The number of amides is 1. The van der Waals surface area contributed by atoms with Gasteiger partial charge in [0.15, 0.2) is 11.0 Å². The van der Waals surface area contributed by atoms with Crippen molar-refractivity contribution in [3.05, 3.63) is 52.8 Å². The van der Waals surface area contributed by atoms with Crippen molar-refractivity contribution in [3.63, 3.8) is 0 Å². The summed E-state index contributed by atoms with van der Waals surface area (Å²) in [6, 6.07) is 5.87. The molecule has 0 bridgehead atoms. The molecule has 0 aliphatic heterocycles. The molecule has 1 atom stereocenters. The topological polar surface area (TPSA) is 232 Å². The molecule has 3 aromatic rings. The minimum Gasteiger partial charge on any atom is -0.481 e. The highest BCUT2D eigenvalue weighted by Gasteiger charge is 2.44. The number of nitrogens with zero attached hydrogens (tertiary/aromatic N) is 5. The van der Waals surface area contributed by atoms with Crippen LogP contribution in [0.1, 0.15) is 28.9 Å². The van der Waals surface area contributed by atoms with Gasteiger partial charge in [-0.1, -0.05) is 0 Å². The predicted octanol–water partition coefficient (Wildman–Crippen LogP) is 0.688. The van der Waals surface area contributed by atoms with Gasteiger partial charge >= 0.3 is 17.7 Å². The normalized spacial score (nSPS) is 12.4. The number of hydrogen-bond acceptors (Lipinski definition) is 12. The summed E-state index contributed by atoms with van der Waals surface area (Å²) in [4.78, 5) is 66.2. The molecule has 2 aromatic heterocycles. The molecule has 6 N–H and O–H groups in total. The molecule has 176 valence electrons. The number of nitrogens with two attached hydrogens (primary N) is 1. The zero-order chi connectivity index (χ0) is 24.7. The van der Waals surface area contributed by atoms with E-state index in [4.69, 9.17) is 10.8 Å². The van der Waals surface area contributed by atoms with Crippen molar-refractivity contribution in [2.45, 2.75) is 25.1 Å². The van der Waals surface area contributed by atoms with Crippen LogP contribution in [0.2, 0.25) is 0 Å². The molecule has 0 aliphatic rings. The van der Waals surface area contributed by atoms with E-state index < -0.39 is 36.4 Å². The number of anilines is 2. The Hall–Kier alpha value is -4.95. The van der Waals surface area contributed by atoms with Gasteiger partial charge in [-0.25, -0.2) is 19.7 Å². The number of aromatic nitrogens is 4. The highest BCUT2D eigenvalue weighted by Crippen LogP contribution is 2.19. The third-order valence-electron chi connectivity index (χ3n) is 4.53. The minimum atomic E-state index is -2.63. The molecular formula is C19H18N8O7. The van der Waals surface area contributed by atoms with Gasteiger partial charge in [0.2, 0.25) is 5.95 Å². The maximum Gasteiger partial charge on any atom is 0.372 e. The van der Waals surface area contributed by atoms with Crippen molar-refractivity contribution >= 4 is 40.6 Å². The van der Waals surface area contributed by atoms with Crippen LogP contribution < -0.4 is 16.4 Å². The van der Waals surface area contributed by atoms with Crippen molar-refractivity contribution in [2.24, 2.45) is 5.34 Å². The van der Waals surface area contributed by atoms with Gasteiger partial charge in [-0.3, -0.25) is 9.59 Å². The molecule has 0 saturated heterocycles. The first-order valence-corrected chi connectivity index (χ1v) is 9.59. The number of hydrogen-bond donors (Lipinski definition) is 5. The summed E-state index contributed by atoms with van der Waals surface area (Å²) in [6.45, 7) is 0.287. The van der Waals surface area contributed by atoms with E-state index in [9.17, 15) is 24.4 Å². The standard InChI is InChI=1S/C19H18N8O7/c20-18-23-9-13-15(25-18)22-8-12(24-13)7-21-11-3-1-10(2-4-11)16(30)26-19(17(31)32,34-27-33)6-5-14(28)29/h1-4,8-9,21H,5-7H2,(H,26,30)(H,28,29)(H,31,32)(H2,20,22,23,25)/t19-/m1/s1. The second-order valence-corrected chi connectivity index (χ2v) is 6.88. The molecule has 2 heterocycles. The molecule has 15 nitrogen and oxygen atoms in total. The van der Waals surface area contributed by atoms with E-state index in [1.807, 2.05) is 5.32 Å². The number of carboxylic acids is 2. The van der Waals surface area contributed by atoms with Crippen molar-refractivity contribution in [2.75, 3.05) is 11.1 Å². The van der Waals surface area contributed by atoms with E-state index in [1.54, 1.807) is 12.1 Å². The summed E-state index contributed by atoms with van der Waals surface area (Å²) in [6.07, 6.45) is 1.56. The second-order valence-electron chi connectivity index (χ2n) is 6.88. The molecule has 0 fully saturated rings. The second kappa shape index (κ2) is 10.1. The van der Waals surface area contributed by atoms with E-state index in [1.165, 1.54) is 24.5 Å². The predicted molar refractivity (Wildman–Crippen MR) is 115 cm³/mol. The van der Waals surface area contributed by atoms with Crippen molar-refractivity contribution in [1.29, 1.82) is 0 Å². The number of fused-ring (bicyclic) bond motifs is 1. The summed E-state index contributed by atoms with van der Waals surface area (Å²) in [5.41, 5.74) is 4.94. The van der Waals surface area contributed by atoms with Crippen LogP contribution in [0.4, 0.5) is 11.6 Å². The molecule has 0 unspecified atom stereocenters. The lowest BCUT2D eigenvalue weighted by molar-refractivity contribution is -0.172. The monoisotopic (exact) mass is 470 g/mol. The van der Waals surface area contributed by atoms with Crippen molar-refractivity contribution in [1.82, 2.24) is 25.3 Å². The lowest BCUT2D eigenvalue weighted by Crippen LogP contribution is -2.56. The number of benzene rings is 1. The van der Waals surface area contributed by atoms with Gasteiger partial charge in [-0.05, 0) is 24.3 Å². The van der Waals surface area contributed by atoms with Gasteiger partial charge in [-0.2, -0.15) is 4.98 Å². The van der Waals surface area contributed by atoms with Crippen LogP contribution in [-0.4, -0.2) is 53.7 Å². The van der Waals surface area contributed by atoms with Gasteiger partial charge in [0, 0.05) is 17.7 Å². The zero-order valence-corrected chi connectivity index (χ0v) is 17.3. The maximum absolute atomic E-state index is 12.5. The van der Waals surface area contributed by atoms with E-state index in [-0.39, 0.29) is 18.1 Å². The largest absolute Gasteiger partial charge is 0.481 e. The molecular weight excluding hydrogens is 452 g/mol. The molecule has 1 amide bonds. The molecule has 34 heavy (non-hydrogen) atoms. The molecule has 15 heteroatoms. The van der Waals surface area contributed by atoms with Gasteiger partial charge < -0.3 is 31.4 Å². The van der Waals surface area contributed by atoms with Crippen LogP contribution in [-0.2, 0) is 21.0 Å². The first kappa shape index (κ1) is 23.7. The molecule has 0 aliphatic carbocycles. The first-order valence-electron chi connectivity index (χ1n) is 9.59. The smallest absolute Gasteiger partial charge is 0.372 e. The number of carboxylic acid groups (broad SMARTS) is 2. The average molecular weight is 470 g/mol. The van der Waals surface area contributed by atoms with Crippen LogP contribution in [0.25, 0.3) is 11.2 Å². The number of aliphatic carboxylic acids is 2. The van der Waals surface area contributed by atoms with Crippen LogP contribution in [0.5, 0.6) is 0 Å². The Labute approximate surface area is 190 Å². The fraction of sp³-hybridized carbons (Fsp3) is 0.211. The number of rotatable bonds is 11. The maximum atomic E-state index is 12.5. The Kier molecular flexibility index (Phi) is 7.05. The van der Waals surface area contributed by atoms with E-state index in [0.29, 0.717) is 22.5 Å². The Morgan fingerprint density at radius 2 is 1.82 bits per heavy atom. The summed E-state index contributed by atoms with van der Waals surface area (Å²) < 4.78 is 0. The van der Waals surface area contributed by atoms with Gasteiger partial charge in [0.1, 0.15) is 5.52 Å². The number of nitrogen functional groups attached to an aromatic ring is 1. The number of nitrogens with one attached hydrogen (secondary N) is 2. The lowest BCUT2D eigenvalue weighted by Gasteiger charge is -2.25. The summed E-state index contributed by atoms with van der Waals surface area (Å²) in [5, 5.41) is 25.4. The fourth-order valence-electron chi connectivity index (χ4n) is 2.82. The van der Waals surface area contributed by atoms with Crippen molar-refractivity contribution < 1.29 is 29.4 Å². The summed E-state index contributed by atoms with van der Waals surface area (Å²) in [7, 11) is 0. The van der Waals surface area contributed by atoms with Crippen LogP contribution in [0.15, 0.2) is 42.0 Å². The minimum absolute atomic E-state index is 0.0289. The Morgan fingerprint density at radius 1 is 1.09 bits per heavy atom. The molecule has 1 aromatic carbocycles. The van der Waals surface area contributed by atoms with E-state index in [0.717, 1.165) is 0 Å². The summed E-state index contributed by atoms with van der Waals surface area (Å²) >= 11 is 0. The third-order valence-corrected chi connectivity index (χ3v) is 4.53. The Balaban J connectivity index is 1.67. The van der Waals surface area contributed by atoms with Gasteiger partial charge in [-0.15, -0.1) is 4.91 Å². The lowest BCUT2D eigenvalue weighted by atomic mass is 10.1. The van der Waals surface area contributed by atoms with Gasteiger partial charge in [0.05, 0.1) is 31.1 Å². The molecule has 0 spiro atoms. The third kappa shape index (κ3) is 5.64. The van der Waals surface area contributed by atoms with Crippen LogP contribution in [0.3, 0.4) is 0 Å². The Bertz CT molecular complexity index is 1240. The summed E-state index contributed by atoms with van der Waals surface area (Å²) in [5.74, 6) is -3.95.